The molecule has 0 aliphatic rings. The Hall–Kier alpha value is -1.66. The molecule has 1 unspecified atom stereocenters. The predicted molar refractivity (Wildman–Crippen MR) is 72.3 cm³/mol. The van der Waals surface area contributed by atoms with Crippen molar-refractivity contribution in [3.63, 3.8) is 0 Å². The van der Waals surface area contributed by atoms with Crippen molar-refractivity contribution in [3.05, 3.63) is 35.2 Å². The zero-order valence-corrected chi connectivity index (χ0v) is 11.2. The minimum Gasteiger partial charge on any atom is -0.328 e. The number of aryl methyl sites for hydroxylation is 1. The van der Waals surface area contributed by atoms with Crippen LogP contribution < -0.4 is 5.73 Å². The standard InChI is InChI=1S/C12H15N5S/c1-8(13)7-10-11(17-4-3-9(2)15-17)14-12-16(10)5-6-18-12/h3-6,8H,7,13H2,1-2H3. The molecule has 5 nitrogen and oxygen atoms in total. The van der Waals surface area contributed by atoms with Crippen LogP contribution in [0.25, 0.3) is 10.8 Å². The molecule has 1 atom stereocenters. The summed E-state index contributed by atoms with van der Waals surface area (Å²) in [5, 5.41) is 6.46. The summed E-state index contributed by atoms with van der Waals surface area (Å²) in [4.78, 5) is 5.62. The van der Waals surface area contributed by atoms with Gasteiger partial charge in [0.05, 0.1) is 11.4 Å². The topological polar surface area (TPSA) is 61.1 Å². The SMILES string of the molecule is Cc1ccn(-c2nc3sccn3c2CC(C)N)n1. The van der Waals surface area contributed by atoms with E-state index in [1.165, 1.54) is 0 Å². The zero-order valence-electron chi connectivity index (χ0n) is 10.4. The largest absolute Gasteiger partial charge is 0.328 e. The first-order valence-corrected chi connectivity index (χ1v) is 6.76. The van der Waals surface area contributed by atoms with E-state index in [1.807, 2.05) is 42.4 Å². The highest BCUT2D eigenvalue weighted by molar-refractivity contribution is 7.15. The van der Waals surface area contributed by atoms with E-state index in [0.29, 0.717) is 0 Å². The van der Waals surface area contributed by atoms with E-state index in [4.69, 9.17) is 5.73 Å². The van der Waals surface area contributed by atoms with Crippen LogP contribution in [0.1, 0.15) is 18.3 Å². The third-order valence-corrected chi connectivity index (χ3v) is 3.55. The summed E-state index contributed by atoms with van der Waals surface area (Å²) in [5.41, 5.74) is 8.03. The molecule has 3 aromatic rings. The Morgan fingerprint density at radius 3 is 2.94 bits per heavy atom. The van der Waals surface area contributed by atoms with Gasteiger partial charge in [0.2, 0.25) is 0 Å². The highest BCUT2D eigenvalue weighted by atomic mass is 32.1. The number of aromatic nitrogens is 4. The van der Waals surface area contributed by atoms with Crippen molar-refractivity contribution in [2.24, 2.45) is 5.73 Å². The molecule has 18 heavy (non-hydrogen) atoms. The van der Waals surface area contributed by atoms with Gasteiger partial charge in [0.25, 0.3) is 0 Å². The predicted octanol–water partition coefficient (Wildman–Crippen LogP) is 1.78. The van der Waals surface area contributed by atoms with E-state index in [-0.39, 0.29) is 6.04 Å². The minimum absolute atomic E-state index is 0.0974. The number of imidazole rings is 1. The van der Waals surface area contributed by atoms with Gasteiger partial charge in [-0.1, -0.05) is 0 Å². The Balaban J connectivity index is 2.18. The third-order valence-electron chi connectivity index (χ3n) is 2.79. The van der Waals surface area contributed by atoms with Crippen LogP contribution in [0.3, 0.4) is 0 Å². The molecule has 0 saturated carbocycles. The Bertz CT molecular complexity index is 676. The van der Waals surface area contributed by atoms with Crippen molar-refractivity contribution in [2.75, 3.05) is 0 Å². The molecular weight excluding hydrogens is 246 g/mol. The summed E-state index contributed by atoms with van der Waals surface area (Å²) in [5.74, 6) is 0.882. The van der Waals surface area contributed by atoms with Crippen molar-refractivity contribution < 1.29 is 0 Å². The molecule has 0 saturated heterocycles. The van der Waals surface area contributed by atoms with Gasteiger partial charge in [0, 0.05) is 30.2 Å². The highest BCUT2D eigenvalue weighted by Crippen LogP contribution is 2.21. The molecule has 0 radical (unpaired) electrons. The Morgan fingerprint density at radius 1 is 1.44 bits per heavy atom. The van der Waals surface area contributed by atoms with Crippen molar-refractivity contribution in [3.8, 4) is 5.82 Å². The van der Waals surface area contributed by atoms with E-state index in [0.717, 1.165) is 28.6 Å². The Kier molecular flexibility index (Phi) is 2.68. The number of fused-ring (bicyclic) bond motifs is 1. The maximum atomic E-state index is 5.93. The summed E-state index contributed by atoms with van der Waals surface area (Å²) >= 11 is 1.62. The van der Waals surface area contributed by atoms with Crippen LogP contribution >= 0.6 is 11.3 Å². The van der Waals surface area contributed by atoms with Gasteiger partial charge >= 0.3 is 0 Å². The average molecular weight is 261 g/mol. The van der Waals surface area contributed by atoms with Gasteiger partial charge < -0.3 is 5.73 Å². The first kappa shape index (κ1) is 11.4. The van der Waals surface area contributed by atoms with Gasteiger partial charge in [-0.2, -0.15) is 10.1 Å². The monoisotopic (exact) mass is 261 g/mol. The van der Waals surface area contributed by atoms with Crippen molar-refractivity contribution in [2.45, 2.75) is 26.3 Å². The van der Waals surface area contributed by atoms with Crippen LogP contribution in [0.15, 0.2) is 23.8 Å². The average Bonchev–Trinajstić information content (AvgIpc) is 2.95. The number of nitrogens with two attached hydrogens (primary N) is 1. The lowest BCUT2D eigenvalue weighted by molar-refractivity contribution is 0.704. The van der Waals surface area contributed by atoms with Crippen molar-refractivity contribution in [1.82, 2.24) is 19.2 Å². The van der Waals surface area contributed by atoms with Crippen LogP contribution in [0.5, 0.6) is 0 Å². The lowest BCUT2D eigenvalue weighted by Gasteiger charge is -2.06. The second kappa shape index (κ2) is 4.22. The minimum atomic E-state index is 0.0974. The normalized spacial score (nSPS) is 13.3. The highest BCUT2D eigenvalue weighted by Gasteiger charge is 2.16. The van der Waals surface area contributed by atoms with Crippen LogP contribution in [-0.2, 0) is 6.42 Å². The van der Waals surface area contributed by atoms with E-state index in [1.54, 1.807) is 11.3 Å². The van der Waals surface area contributed by atoms with Crippen LogP contribution in [-0.4, -0.2) is 25.2 Å². The maximum absolute atomic E-state index is 5.93. The summed E-state index contributed by atoms with van der Waals surface area (Å²) in [7, 11) is 0. The second-order valence-corrected chi connectivity index (χ2v) is 5.39. The number of hydrogen-bond acceptors (Lipinski definition) is 4. The number of thiazole rings is 1. The van der Waals surface area contributed by atoms with Gasteiger partial charge in [-0.3, -0.25) is 4.40 Å². The zero-order chi connectivity index (χ0) is 12.7. The summed E-state index contributed by atoms with van der Waals surface area (Å²) in [6.07, 6.45) is 4.75. The van der Waals surface area contributed by atoms with Gasteiger partial charge in [-0.15, -0.1) is 11.3 Å². The smallest absolute Gasteiger partial charge is 0.195 e. The summed E-state index contributed by atoms with van der Waals surface area (Å²) in [6.45, 7) is 3.98. The van der Waals surface area contributed by atoms with E-state index >= 15 is 0 Å². The van der Waals surface area contributed by atoms with Crippen LogP contribution in [0.4, 0.5) is 0 Å². The van der Waals surface area contributed by atoms with Crippen LogP contribution in [0, 0.1) is 6.92 Å². The number of nitrogens with zero attached hydrogens (tertiary/aromatic N) is 4. The molecule has 0 aliphatic carbocycles. The maximum Gasteiger partial charge on any atom is 0.195 e. The first-order chi connectivity index (χ1) is 8.65. The molecular formula is C12H15N5S. The fourth-order valence-electron chi connectivity index (χ4n) is 2.03. The van der Waals surface area contributed by atoms with Crippen molar-refractivity contribution >= 4 is 16.3 Å². The lowest BCUT2D eigenvalue weighted by Crippen LogP contribution is -2.20. The Morgan fingerprint density at radius 2 is 2.28 bits per heavy atom. The number of hydrogen-bond donors (Lipinski definition) is 1. The van der Waals surface area contributed by atoms with E-state index in [9.17, 15) is 0 Å². The second-order valence-electron chi connectivity index (χ2n) is 4.52. The summed E-state index contributed by atoms with van der Waals surface area (Å²) < 4.78 is 3.92. The molecule has 2 N–H and O–H groups in total. The lowest BCUT2D eigenvalue weighted by atomic mass is 10.2. The fourth-order valence-corrected chi connectivity index (χ4v) is 2.76. The molecule has 0 fully saturated rings. The molecule has 3 heterocycles. The molecule has 0 amide bonds. The first-order valence-electron chi connectivity index (χ1n) is 5.88. The van der Waals surface area contributed by atoms with Gasteiger partial charge in [-0.25, -0.2) is 4.68 Å². The van der Waals surface area contributed by atoms with Gasteiger partial charge in [-0.05, 0) is 19.9 Å². The third kappa shape index (κ3) is 1.83. The number of rotatable bonds is 3. The quantitative estimate of drug-likeness (QED) is 0.781. The molecule has 6 heteroatoms. The van der Waals surface area contributed by atoms with Gasteiger partial charge in [0.15, 0.2) is 10.8 Å². The molecule has 0 spiro atoms. The molecule has 3 rings (SSSR count). The Labute approximate surface area is 109 Å². The summed E-state index contributed by atoms with van der Waals surface area (Å²) in [6, 6.07) is 2.07. The fraction of sp³-hybridized carbons (Fsp3) is 0.333. The molecule has 94 valence electrons. The van der Waals surface area contributed by atoms with Gasteiger partial charge in [0.1, 0.15) is 0 Å². The van der Waals surface area contributed by atoms with E-state index < -0.39 is 0 Å². The molecule has 0 bridgehead atoms. The van der Waals surface area contributed by atoms with Crippen LogP contribution in [0.2, 0.25) is 0 Å². The molecule has 0 aromatic carbocycles. The molecule has 0 aliphatic heterocycles. The van der Waals surface area contributed by atoms with E-state index in [2.05, 4.69) is 14.5 Å². The van der Waals surface area contributed by atoms with Crippen molar-refractivity contribution in [1.29, 1.82) is 0 Å². The molecule has 3 aromatic heterocycles.